The zero-order chi connectivity index (χ0) is 23.0. The van der Waals surface area contributed by atoms with Crippen molar-refractivity contribution >= 4 is 55.6 Å². The first-order valence-corrected chi connectivity index (χ1v) is 12.6. The van der Waals surface area contributed by atoms with Crippen LogP contribution in [-0.2, 0) is 16.6 Å². The number of rotatable bonds is 7. The zero-order valence-corrected chi connectivity index (χ0v) is 21.1. The predicted molar refractivity (Wildman–Crippen MR) is 135 cm³/mol. The van der Waals surface area contributed by atoms with Crippen LogP contribution in [0.3, 0.4) is 0 Å². The molecule has 0 saturated carbocycles. The highest BCUT2D eigenvalue weighted by Gasteiger charge is 2.15. The summed E-state index contributed by atoms with van der Waals surface area (Å²) in [6.07, 6.45) is -0.0825. The summed E-state index contributed by atoms with van der Waals surface area (Å²) in [5.41, 5.74) is 4.27. The van der Waals surface area contributed by atoms with E-state index in [4.69, 9.17) is 9.88 Å². The van der Waals surface area contributed by atoms with Crippen LogP contribution in [0.25, 0.3) is 22.3 Å². The van der Waals surface area contributed by atoms with Crippen LogP contribution in [0.15, 0.2) is 46.7 Å². The van der Waals surface area contributed by atoms with Gasteiger partial charge in [0.25, 0.3) is 0 Å². The number of hydrogen-bond donors (Lipinski definition) is 2. The smallest absolute Gasteiger partial charge is 0.238 e. The second-order valence-electron chi connectivity index (χ2n) is 7.64. The van der Waals surface area contributed by atoms with Crippen molar-refractivity contribution in [2.45, 2.75) is 45.2 Å². The fourth-order valence-electron chi connectivity index (χ4n) is 3.53. The third kappa shape index (κ3) is 5.30. The van der Waals surface area contributed by atoms with Crippen LogP contribution in [0.4, 0.5) is 10.8 Å². The SMILES string of the molecule is CCn1c(C)nc2cc(-c3csc(Nc4cc(S(N)(=O)=O)ccc4OC(C)C)n3)ccc21.Cl. The lowest BCUT2D eigenvalue weighted by Crippen LogP contribution is -2.13. The van der Waals surface area contributed by atoms with E-state index >= 15 is 0 Å². The van der Waals surface area contributed by atoms with Gasteiger partial charge in [-0.1, -0.05) is 6.07 Å². The second kappa shape index (κ2) is 9.68. The largest absolute Gasteiger partial charge is 0.489 e. The number of aryl methyl sites for hydroxylation is 2. The van der Waals surface area contributed by atoms with Gasteiger partial charge in [-0.15, -0.1) is 23.7 Å². The number of fused-ring (bicyclic) bond motifs is 1. The molecule has 0 saturated heterocycles. The van der Waals surface area contributed by atoms with E-state index in [-0.39, 0.29) is 23.4 Å². The van der Waals surface area contributed by atoms with E-state index in [1.54, 1.807) is 6.07 Å². The number of anilines is 2. The van der Waals surface area contributed by atoms with Crippen molar-refractivity contribution < 1.29 is 13.2 Å². The molecule has 0 amide bonds. The molecule has 0 spiro atoms. The molecule has 0 aliphatic heterocycles. The third-order valence-electron chi connectivity index (χ3n) is 4.94. The number of primary sulfonamides is 1. The maximum atomic E-state index is 11.8. The highest BCUT2D eigenvalue weighted by atomic mass is 35.5. The molecule has 4 rings (SSSR count). The Hall–Kier alpha value is -2.66. The minimum absolute atomic E-state index is 0. The normalized spacial score (nSPS) is 11.6. The topological polar surface area (TPSA) is 112 Å². The Morgan fingerprint density at radius 2 is 1.94 bits per heavy atom. The summed E-state index contributed by atoms with van der Waals surface area (Å²) in [6, 6.07) is 10.6. The van der Waals surface area contributed by atoms with Crippen LogP contribution in [0.1, 0.15) is 26.6 Å². The molecule has 2 aromatic carbocycles. The molecule has 0 unspecified atom stereocenters. The average molecular weight is 508 g/mol. The first kappa shape index (κ1) is 25.0. The number of ether oxygens (including phenoxy) is 1. The number of halogens is 1. The van der Waals surface area contributed by atoms with Gasteiger partial charge >= 0.3 is 0 Å². The molecule has 8 nitrogen and oxygen atoms in total. The molecular weight excluding hydrogens is 482 g/mol. The summed E-state index contributed by atoms with van der Waals surface area (Å²) in [4.78, 5) is 9.34. The van der Waals surface area contributed by atoms with Gasteiger partial charge in [0, 0.05) is 17.5 Å². The van der Waals surface area contributed by atoms with E-state index in [0.717, 1.165) is 34.7 Å². The lowest BCUT2D eigenvalue weighted by atomic mass is 10.1. The van der Waals surface area contributed by atoms with Gasteiger partial charge < -0.3 is 14.6 Å². The molecule has 11 heteroatoms. The number of nitrogens with one attached hydrogen (secondary N) is 1. The van der Waals surface area contributed by atoms with E-state index < -0.39 is 10.0 Å². The number of imidazole rings is 1. The molecular formula is C22H26ClN5O3S2. The number of nitrogens with zero attached hydrogens (tertiary/aromatic N) is 3. The molecule has 2 heterocycles. The van der Waals surface area contributed by atoms with E-state index in [0.29, 0.717) is 16.6 Å². The van der Waals surface area contributed by atoms with Crippen molar-refractivity contribution in [1.82, 2.24) is 14.5 Å². The van der Waals surface area contributed by atoms with Crippen LogP contribution in [0.2, 0.25) is 0 Å². The lowest BCUT2D eigenvalue weighted by molar-refractivity contribution is 0.243. The van der Waals surface area contributed by atoms with Gasteiger partial charge in [0.1, 0.15) is 11.6 Å². The van der Waals surface area contributed by atoms with Crippen LogP contribution < -0.4 is 15.2 Å². The van der Waals surface area contributed by atoms with E-state index in [9.17, 15) is 8.42 Å². The predicted octanol–water partition coefficient (Wildman–Crippen LogP) is 5.09. The molecule has 3 N–H and O–H groups in total. The van der Waals surface area contributed by atoms with E-state index in [2.05, 4.69) is 32.8 Å². The second-order valence-corrected chi connectivity index (χ2v) is 10.1. The van der Waals surface area contributed by atoms with Gasteiger partial charge in [-0.3, -0.25) is 0 Å². The minimum Gasteiger partial charge on any atom is -0.489 e. The highest BCUT2D eigenvalue weighted by Crippen LogP contribution is 2.34. The number of hydrogen-bond acceptors (Lipinski definition) is 7. The number of thiazole rings is 1. The van der Waals surface area contributed by atoms with Crippen LogP contribution >= 0.6 is 23.7 Å². The fourth-order valence-corrected chi connectivity index (χ4v) is 4.80. The van der Waals surface area contributed by atoms with Crippen molar-refractivity contribution in [3.63, 3.8) is 0 Å². The van der Waals surface area contributed by atoms with Gasteiger partial charge in [0.05, 0.1) is 33.4 Å². The average Bonchev–Trinajstić information content (AvgIpc) is 3.30. The maximum absolute atomic E-state index is 11.8. The van der Waals surface area contributed by atoms with Crippen molar-refractivity contribution in [2.75, 3.05) is 5.32 Å². The Morgan fingerprint density at radius 3 is 2.61 bits per heavy atom. The number of aromatic nitrogens is 3. The summed E-state index contributed by atoms with van der Waals surface area (Å²) in [5.74, 6) is 1.50. The quantitative estimate of drug-likeness (QED) is 0.360. The molecule has 0 fully saturated rings. The first-order valence-electron chi connectivity index (χ1n) is 10.2. The third-order valence-corrected chi connectivity index (χ3v) is 6.61. The molecule has 0 atom stereocenters. The first-order chi connectivity index (χ1) is 15.2. The van der Waals surface area contributed by atoms with Crippen LogP contribution in [0.5, 0.6) is 5.75 Å². The van der Waals surface area contributed by atoms with Crippen molar-refractivity contribution in [1.29, 1.82) is 0 Å². The molecule has 33 heavy (non-hydrogen) atoms. The molecule has 2 aromatic heterocycles. The summed E-state index contributed by atoms with van der Waals surface area (Å²) < 4.78 is 31.6. The highest BCUT2D eigenvalue weighted by molar-refractivity contribution is 7.89. The molecule has 0 aliphatic rings. The molecule has 176 valence electrons. The standard InChI is InChI=1S/C22H25N5O3S2.ClH/c1-5-27-14(4)24-17-10-15(6-8-20(17)27)19-12-31-22(26-19)25-18-11-16(32(23,28)29)7-9-21(18)30-13(2)3;/h6-13H,5H2,1-4H3,(H,25,26)(H2,23,28,29);1H. The van der Waals surface area contributed by atoms with Crippen molar-refractivity contribution in [3.05, 3.63) is 47.6 Å². The van der Waals surface area contributed by atoms with E-state index in [1.165, 1.54) is 23.5 Å². The molecule has 0 aliphatic carbocycles. The molecule has 0 bridgehead atoms. The Kier molecular flexibility index (Phi) is 7.32. The maximum Gasteiger partial charge on any atom is 0.238 e. The monoisotopic (exact) mass is 507 g/mol. The Morgan fingerprint density at radius 1 is 1.18 bits per heavy atom. The number of benzene rings is 2. The molecule has 0 radical (unpaired) electrons. The van der Waals surface area contributed by atoms with Gasteiger partial charge in [-0.25, -0.2) is 23.5 Å². The van der Waals surface area contributed by atoms with Crippen LogP contribution in [-0.4, -0.2) is 29.1 Å². The Labute approximate surface area is 203 Å². The number of sulfonamides is 1. The summed E-state index contributed by atoms with van der Waals surface area (Å²) >= 11 is 1.41. The van der Waals surface area contributed by atoms with Gasteiger partial charge in [0.2, 0.25) is 10.0 Å². The Bertz CT molecular complexity index is 1400. The summed E-state index contributed by atoms with van der Waals surface area (Å²) in [5, 5.41) is 11.0. The zero-order valence-electron chi connectivity index (χ0n) is 18.7. The van der Waals surface area contributed by atoms with Gasteiger partial charge in [0.15, 0.2) is 5.13 Å². The fraction of sp³-hybridized carbons (Fsp3) is 0.273. The van der Waals surface area contributed by atoms with Crippen molar-refractivity contribution in [3.8, 4) is 17.0 Å². The Balaban J connectivity index is 0.00000306. The molecule has 4 aromatic rings. The lowest BCUT2D eigenvalue weighted by Gasteiger charge is -2.15. The summed E-state index contributed by atoms with van der Waals surface area (Å²) in [6.45, 7) is 8.76. The summed E-state index contributed by atoms with van der Waals surface area (Å²) in [7, 11) is -3.85. The number of nitrogens with two attached hydrogens (primary N) is 1. The van der Waals surface area contributed by atoms with E-state index in [1.807, 2.05) is 38.3 Å². The minimum atomic E-state index is -3.85. The van der Waals surface area contributed by atoms with Crippen LogP contribution in [0, 0.1) is 6.92 Å². The van der Waals surface area contributed by atoms with Crippen molar-refractivity contribution in [2.24, 2.45) is 5.14 Å². The van der Waals surface area contributed by atoms with Gasteiger partial charge in [-0.2, -0.15) is 0 Å². The van der Waals surface area contributed by atoms with Gasteiger partial charge in [-0.05, 0) is 58.0 Å².